The van der Waals surface area contributed by atoms with Crippen LogP contribution in [0.5, 0.6) is 0 Å². The van der Waals surface area contributed by atoms with Crippen molar-refractivity contribution in [1.29, 1.82) is 0 Å². The molecule has 1 aromatic heterocycles. The molecule has 0 radical (unpaired) electrons. The Morgan fingerprint density at radius 2 is 1.96 bits per heavy atom. The van der Waals surface area contributed by atoms with Crippen LogP contribution in [-0.2, 0) is 10.0 Å². The Bertz CT molecular complexity index is 836. The summed E-state index contributed by atoms with van der Waals surface area (Å²) in [7, 11) is -3.52. The Morgan fingerprint density at radius 3 is 2.60 bits per heavy atom. The first kappa shape index (κ1) is 17.6. The summed E-state index contributed by atoms with van der Waals surface area (Å²) in [5.41, 5.74) is 0.987. The number of aromatic nitrogens is 1. The summed E-state index contributed by atoms with van der Waals surface area (Å²) in [6, 6.07) is 9.53. The third-order valence-corrected chi connectivity index (χ3v) is 6.41. The van der Waals surface area contributed by atoms with E-state index in [9.17, 15) is 13.2 Å². The normalized spacial score (nSPS) is 18.7. The second-order valence-corrected chi connectivity index (χ2v) is 8.07. The van der Waals surface area contributed by atoms with E-state index in [0.717, 1.165) is 19.3 Å². The van der Waals surface area contributed by atoms with Gasteiger partial charge in [-0.25, -0.2) is 8.42 Å². The molecule has 0 spiro atoms. The maximum absolute atomic E-state index is 12.8. The van der Waals surface area contributed by atoms with Gasteiger partial charge in [0.25, 0.3) is 5.91 Å². The molecular formula is C18H21N3O3S. The summed E-state index contributed by atoms with van der Waals surface area (Å²) in [6.45, 7) is 2.49. The number of nitrogens with one attached hydrogen (secondary N) is 1. The maximum atomic E-state index is 12.8. The van der Waals surface area contributed by atoms with Crippen LogP contribution >= 0.6 is 0 Å². The highest BCUT2D eigenvalue weighted by atomic mass is 32.2. The molecule has 3 rings (SSSR count). The zero-order valence-electron chi connectivity index (χ0n) is 14.1. The monoisotopic (exact) mass is 359 g/mol. The average Bonchev–Trinajstić information content (AvgIpc) is 2.63. The first-order valence-electron chi connectivity index (χ1n) is 8.32. The quantitative estimate of drug-likeness (QED) is 0.910. The molecule has 0 bridgehead atoms. The van der Waals surface area contributed by atoms with Gasteiger partial charge in [0, 0.05) is 24.3 Å². The summed E-state index contributed by atoms with van der Waals surface area (Å²) in [5, 5.41) is 2.73. The third-order valence-electron chi connectivity index (χ3n) is 4.38. The van der Waals surface area contributed by atoms with Gasteiger partial charge in [-0.15, -0.1) is 0 Å². The van der Waals surface area contributed by atoms with Crippen LogP contribution in [-0.4, -0.2) is 36.2 Å². The molecule has 1 N–H and O–H groups in total. The summed E-state index contributed by atoms with van der Waals surface area (Å²) >= 11 is 0. The lowest BCUT2D eigenvalue weighted by atomic mass is 10.1. The van der Waals surface area contributed by atoms with Gasteiger partial charge in [-0.2, -0.15) is 4.31 Å². The predicted octanol–water partition coefficient (Wildman–Crippen LogP) is 2.90. The third kappa shape index (κ3) is 3.88. The number of amides is 1. The summed E-state index contributed by atoms with van der Waals surface area (Å²) in [4.78, 5) is 16.4. The van der Waals surface area contributed by atoms with Crippen molar-refractivity contribution < 1.29 is 13.2 Å². The lowest BCUT2D eigenvalue weighted by Gasteiger charge is -2.32. The van der Waals surface area contributed by atoms with Gasteiger partial charge < -0.3 is 5.32 Å². The Hall–Kier alpha value is -2.25. The first-order valence-corrected chi connectivity index (χ1v) is 9.76. The van der Waals surface area contributed by atoms with E-state index in [0.29, 0.717) is 17.8 Å². The van der Waals surface area contributed by atoms with Crippen molar-refractivity contribution in [3.63, 3.8) is 0 Å². The number of nitrogens with zero attached hydrogens (tertiary/aromatic N) is 2. The molecule has 1 unspecified atom stereocenters. The molecule has 2 aromatic rings. The van der Waals surface area contributed by atoms with Crippen molar-refractivity contribution >= 4 is 21.6 Å². The van der Waals surface area contributed by atoms with E-state index in [-0.39, 0.29) is 16.8 Å². The molecule has 1 saturated heterocycles. The zero-order chi connectivity index (χ0) is 17.9. The fraction of sp³-hybridized carbons (Fsp3) is 0.333. The second-order valence-electron chi connectivity index (χ2n) is 6.18. The number of hydrogen-bond donors (Lipinski definition) is 1. The Kier molecular flexibility index (Phi) is 5.15. The molecule has 6 nitrogen and oxygen atoms in total. The van der Waals surface area contributed by atoms with Crippen LogP contribution in [0.3, 0.4) is 0 Å². The van der Waals surface area contributed by atoms with E-state index < -0.39 is 10.0 Å². The minimum atomic E-state index is -3.52. The van der Waals surface area contributed by atoms with Crippen LogP contribution in [0.15, 0.2) is 53.7 Å². The van der Waals surface area contributed by atoms with E-state index in [2.05, 4.69) is 10.3 Å². The summed E-state index contributed by atoms with van der Waals surface area (Å²) < 4.78 is 27.1. The van der Waals surface area contributed by atoms with E-state index >= 15 is 0 Å². The fourth-order valence-electron chi connectivity index (χ4n) is 2.98. The van der Waals surface area contributed by atoms with Crippen molar-refractivity contribution in [2.45, 2.75) is 37.1 Å². The molecule has 0 aliphatic carbocycles. The SMILES string of the molecule is CC1CCCCN1S(=O)(=O)c1ccc(C(=O)Nc2cccnc2)cc1. The van der Waals surface area contributed by atoms with Crippen LogP contribution in [0, 0.1) is 0 Å². The van der Waals surface area contributed by atoms with Crippen LogP contribution in [0.4, 0.5) is 5.69 Å². The minimum absolute atomic E-state index is 0.00676. The van der Waals surface area contributed by atoms with Crippen molar-refractivity contribution in [3.8, 4) is 0 Å². The smallest absolute Gasteiger partial charge is 0.255 e. The number of anilines is 1. The highest BCUT2D eigenvalue weighted by molar-refractivity contribution is 7.89. The van der Waals surface area contributed by atoms with Crippen LogP contribution in [0.25, 0.3) is 0 Å². The predicted molar refractivity (Wildman–Crippen MR) is 95.8 cm³/mol. The molecule has 2 heterocycles. The molecule has 7 heteroatoms. The zero-order valence-corrected chi connectivity index (χ0v) is 14.9. The van der Waals surface area contributed by atoms with E-state index in [1.54, 1.807) is 28.8 Å². The minimum Gasteiger partial charge on any atom is -0.321 e. The Labute approximate surface area is 147 Å². The number of carbonyl (C=O) groups is 1. The van der Waals surface area contributed by atoms with Gasteiger partial charge in [0.2, 0.25) is 10.0 Å². The molecule has 1 aliphatic heterocycles. The van der Waals surface area contributed by atoms with Crippen molar-refractivity contribution in [3.05, 3.63) is 54.4 Å². The number of carbonyl (C=O) groups excluding carboxylic acids is 1. The number of sulfonamides is 1. The number of piperidine rings is 1. The highest BCUT2D eigenvalue weighted by Crippen LogP contribution is 2.25. The lowest BCUT2D eigenvalue weighted by Crippen LogP contribution is -2.41. The number of benzene rings is 1. The van der Waals surface area contributed by atoms with Gasteiger partial charge in [0.1, 0.15) is 0 Å². The molecule has 0 saturated carbocycles. The second kappa shape index (κ2) is 7.33. The summed E-state index contributed by atoms with van der Waals surface area (Å²) in [5.74, 6) is -0.303. The first-order chi connectivity index (χ1) is 12.0. The molecule has 25 heavy (non-hydrogen) atoms. The van der Waals surface area contributed by atoms with Crippen molar-refractivity contribution in [2.75, 3.05) is 11.9 Å². The number of pyridine rings is 1. The van der Waals surface area contributed by atoms with Gasteiger partial charge in [-0.05, 0) is 56.2 Å². The highest BCUT2D eigenvalue weighted by Gasteiger charge is 2.30. The van der Waals surface area contributed by atoms with E-state index in [4.69, 9.17) is 0 Å². The molecule has 1 amide bonds. The lowest BCUT2D eigenvalue weighted by molar-refractivity contribution is 0.102. The van der Waals surface area contributed by atoms with Crippen molar-refractivity contribution in [2.24, 2.45) is 0 Å². The standard InChI is InChI=1S/C18H21N3O3S/c1-14-5-2-3-12-21(14)25(23,24)17-9-7-15(8-10-17)18(22)20-16-6-4-11-19-13-16/h4,6-11,13-14H,2-3,5,12H2,1H3,(H,20,22). The molecule has 1 aromatic carbocycles. The average molecular weight is 359 g/mol. The largest absolute Gasteiger partial charge is 0.321 e. The van der Waals surface area contributed by atoms with Gasteiger partial charge in [0.15, 0.2) is 0 Å². The van der Waals surface area contributed by atoms with E-state index in [1.807, 2.05) is 6.92 Å². The van der Waals surface area contributed by atoms with Crippen molar-refractivity contribution in [1.82, 2.24) is 9.29 Å². The van der Waals surface area contributed by atoms with Crippen LogP contribution in [0.1, 0.15) is 36.5 Å². The van der Waals surface area contributed by atoms with Crippen LogP contribution < -0.4 is 5.32 Å². The number of hydrogen-bond acceptors (Lipinski definition) is 4. The van der Waals surface area contributed by atoms with Gasteiger partial charge >= 0.3 is 0 Å². The van der Waals surface area contributed by atoms with Gasteiger partial charge in [0.05, 0.1) is 16.8 Å². The van der Waals surface area contributed by atoms with Gasteiger partial charge in [-0.3, -0.25) is 9.78 Å². The van der Waals surface area contributed by atoms with Gasteiger partial charge in [-0.1, -0.05) is 6.42 Å². The topological polar surface area (TPSA) is 79.4 Å². The molecular weight excluding hydrogens is 338 g/mol. The molecule has 1 aliphatic rings. The number of rotatable bonds is 4. The Balaban J connectivity index is 1.76. The molecule has 1 atom stereocenters. The van der Waals surface area contributed by atoms with Crippen LogP contribution in [0.2, 0.25) is 0 Å². The summed E-state index contributed by atoms with van der Waals surface area (Å²) in [6.07, 6.45) is 5.99. The molecule has 132 valence electrons. The Morgan fingerprint density at radius 1 is 1.20 bits per heavy atom. The fourth-order valence-corrected chi connectivity index (χ4v) is 4.68. The molecule has 1 fully saturated rings. The maximum Gasteiger partial charge on any atom is 0.255 e. The van der Waals surface area contributed by atoms with E-state index in [1.165, 1.54) is 24.3 Å².